The minimum atomic E-state index is -1.83. The molecule has 0 aliphatic carbocycles. The molecule has 0 atom stereocenters. The van der Waals surface area contributed by atoms with Crippen LogP contribution in [0.1, 0.15) is 0 Å². The molecule has 0 saturated heterocycles. The Kier molecular flexibility index (Phi) is 76.2. The molecule has 0 aromatic rings. The molecule has 14 heteroatoms. The number of nitrogens with zero attached hydrogens (tertiary/aromatic N) is 2. The molecule has 84 valence electrons. The average Bonchev–Trinajstić information content (AvgIpc) is 1.82. The maximum absolute atomic E-state index is 9.66. The van der Waals surface area contributed by atoms with Gasteiger partial charge in [0.05, 0.1) is 0 Å². The summed E-state index contributed by atoms with van der Waals surface area (Å²) in [6, 6.07) is -2.08. The van der Waals surface area contributed by atoms with Crippen molar-refractivity contribution in [3.05, 3.63) is 0 Å². The predicted octanol–water partition coefficient (Wildman–Crippen LogP) is -3.42. The molecule has 0 aromatic carbocycles. The van der Waals surface area contributed by atoms with E-state index < -0.39 is 18.2 Å². The van der Waals surface area contributed by atoms with Gasteiger partial charge in [0.25, 0.3) is 0 Å². The normalized spacial score (nSPS) is 5.88. The van der Waals surface area contributed by atoms with Gasteiger partial charge in [-0.3, -0.25) is 0 Å². The first kappa shape index (κ1) is 43.5. The molecular formula is C3H6N4NaO7Zn2+. The van der Waals surface area contributed by atoms with Crippen LogP contribution in [0.5, 0.6) is 0 Å². The topological polar surface area (TPSA) is 225 Å². The number of urea groups is 2. The van der Waals surface area contributed by atoms with Gasteiger partial charge in [-0.1, -0.05) is 10.2 Å². The molecule has 0 radical (unpaired) electrons. The van der Waals surface area contributed by atoms with Crippen LogP contribution in [0.3, 0.4) is 0 Å². The van der Waals surface area contributed by atoms with Gasteiger partial charge < -0.3 is 32.6 Å². The zero-order valence-corrected chi connectivity index (χ0v) is 16.8. The maximum atomic E-state index is 9.66. The maximum Gasteiger partial charge on any atom is 2.00 e. The Hall–Kier alpha value is -0.0232. The Morgan fingerprint density at radius 1 is 0.824 bits per heavy atom. The number of rotatable bonds is 0. The second-order valence-corrected chi connectivity index (χ2v) is 1.16. The van der Waals surface area contributed by atoms with E-state index in [9.17, 15) is 9.59 Å². The largest absolute Gasteiger partial charge is 2.00 e. The van der Waals surface area contributed by atoms with Gasteiger partial charge in [-0.25, -0.2) is 14.4 Å². The first-order valence-electron chi connectivity index (χ1n) is 2.28. The van der Waals surface area contributed by atoms with E-state index in [0.29, 0.717) is 0 Å². The third kappa shape index (κ3) is 126. The van der Waals surface area contributed by atoms with Crippen LogP contribution in [-0.2, 0) is 49.9 Å². The summed E-state index contributed by atoms with van der Waals surface area (Å²) in [4.78, 5) is 27.9. The van der Waals surface area contributed by atoms with Crippen LogP contribution >= 0.6 is 0 Å². The number of hydrogen-bond donors (Lipinski definition) is 4. The van der Waals surface area contributed by atoms with Crippen molar-refractivity contribution in [2.24, 2.45) is 21.7 Å². The second-order valence-electron chi connectivity index (χ2n) is 1.16. The van der Waals surface area contributed by atoms with Crippen molar-refractivity contribution < 1.29 is 104 Å². The van der Waals surface area contributed by atoms with E-state index >= 15 is 0 Å². The first-order chi connectivity index (χ1) is 5.36. The molecule has 11 nitrogen and oxygen atoms in total. The summed E-state index contributed by atoms with van der Waals surface area (Å²) in [5, 5.41) is 19.2. The Bertz CT molecular complexity index is 207. The molecule has 0 aromatic heterocycles. The molecular weight excluding hydrogens is 358 g/mol. The van der Waals surface area contributed by atoms with Crippen LogP contribution in [0, 0.1) is 0 Å². The van der Waals surface area contributed by atoms with Crippen molar-refractivity contribution in [2.45, 2.75) is 0 Å². The molecule has 0 saturated carbocycles. The molecule has 6 N–H and O–H groups in total. The number of nitrogens with two attached hydrogens (primary N) is 2. The van der Waals surface area contributed by atoms with Crippen molar-refractivity contribution in [1.82, 2.24) is 0 Å². The third-order valence-electron chi connectivity index (χ3n) is 0.247. The predicted molar refractivity (Wildman–Crippen MR) is 36.0 cm³/mol. The summed E-state index contributed by atoms with van der Waals surface area (Å²) in [5.74, 6) is 0. The monoisotopic (exact) mass is 361 g/mol. The molecule has 4 amide bonds. The van der Waals surface area contributed by atoms with E-state index in [2.05, 4.69) is 21.7 Å². The van der Waals surface area contributed by atoms with Crippen LogP contribution in [-0.4, -0.2) is 28.4 Å². The van der Waals surface area contributed by atoms with Crippen molar-refractivity contribution in [2.75, 3.05) is 0 Å². The van der Waals surface area contributed by atoms with Crippen LogP contribution < -0.4 is 41.0 Å². The molecule has 0 aliphatic heterocycles. The number of carbonyl (C=O) groups is 3. The first-order valence-corrected chi connectivity index (χ1v) is 2.28. The summed E-state index contributed by atoms with van der Waals surface area (Å²) in [6.07, 6.45) is -1.83. The summed E-state index contributed by atoms with van der Waals surface area (Å²) < 4.78 is 0. The van der Waals surface area contributed by atoms with Gasteiger partial charge >= 0.3 is 86.7 Å². The number of carbonyl (C=O) groups excluding carboxylic acids is 2. The van der Waals surface area contributed by atoms with Crippen LogP contribution in [0.15, 0.2) is 10.2 Å². The molecule has 0 bridgehead atoms. The molecule has 17 heavy (non-hydrogen) atoms. The minimum absolute atomic E-state index is 0. The fourth-order valence-electron chi connectivity index (χ4n) is 0.0986. The zero-order valence-electron chi connectivity index (χ0n) is 8.90. The van der Waals surface area contributed by atoms with Gasteiger partial charge in [0, 0.05) is 0 Å². The number of amides is 4. The van der Waals surface area contributed by atoms with E-state index in [1.165, 1.54) is 0 Å². The number of primary amides is 2. The summed E-state index contributed by atoms with van der Waals surface area (Å²) in [6.45, 7) is 0. The Morgan fingerprint density at radius 3 is 1.00 bits per heavy atom. The molecule has 0 fully saturated rings. The average molecular weight is 364 g/mol. The quantitative estimate of drug-likeness (QED) is 0.254. The van der Waals surface area contributed by atoms with E-state index in [4.69, 9.17) is 15.0 Å². The van der Waals surface area contributed by atoms with Gasteiger partial charge in [0.15, 0.2) is 0 Å². The van der Waals surface area contributed by atoms with E-state index in [-0.39, 0.29) is 79.5 Å². The number of azo groups is 1. The van der Waals surface area contributed by atoms with Gasteiger partial charge in [0.2, 0.25) is 0 Å². The second kappa shape index (κ2) is 29.7. The van der Waals surface area contributed by atoms with E-state index in [0.717, 1.165) is 0 Å². The molecule has 0 rings (SSSR count). The van der Waals surface area contributed by atoms with Gasteiger partial charge in [0.1, 0.15) is 0 Å². The Labute approximate surface area is 143 Å². The van der Waals surface area contributed by atoms with Gasteiger partial charge in [-0.15, -0.1) is 0 Å². The van der Waals surface area contributed by atoms with Crippen molar-refractivity contribution in [3.8, 4) is 0 Å². The van der Waals surface area contributed by atoms with Crippen molar-refractivity contribution >= 4 is 18.2 Å². The van der Waals surface area contributed by atoms with E-state index in [1.54, 1.807) is 0 Å². The fourth-order valence-corrected chi connectivity index (χ4v) is 0.0986. The molecule has 0 unspecified atom stereocenters. The zero-order chi connectivity index (χ0) is 10.1. The van der Waals surface area contributed by atoms with Crippen LogP contribution in [0.2, 0.25) is 0 Å². The fraction of sp³-hybridized carbons (Fsp3) is 0. The summed E-state index contributed by atoms with van der Waals surface area (Å²) in [7, 11) is 0. The Morgan fingerprint density at radius 2 is 0.941 bits per heavy atom. The minimum Gasteiger partial charge on any atom is -2.00 e. The smallest absolute Gasteiger partial charge is 2.00 e. The molecule has 0 aliphatic rings. The molecule has 0 spiro atoms. The number of hydrogen-bond acceptors (Lipinski definition) is 3. The molecule has 0 heterocycles. The van der Waals surface area contributed by atoms with Crippen molar-refractivity contribution in [3.63, 3.8) is 0 Å². The van der Waals surface area contributed by atoms with Gasteiger partial charge in [-0.05, 0) is 0 Å². The number of carboxylic acid groups (broad SMARTS) is 2. The van der Waals surface area contributed by atoms with Crippen molar-refractivity contribution in [1.29, 1.82) is 0 Å². The Balaban J connectivity index is -0.0000000202. The van der Waals surface area contributed by atoms with E-state index in [1.807, 2.05) is 0 Å². The van der Waals surface area contributed by atoms with Crippen LogP contribution in [0.25, 0.3) is 0 Å². The summed E-state index contributed by atoms with van der Waals surface area (Å²) in [5.41, 5.74) is 8.87. The standard InChI is InChI=1S/C2H4N4O2.CH2O3.Na.2O.2Zn/c3-1(7)5-6-2(4)8;2-1(3)4;;;;;/h(H2,3,7)(H2,4,8);(H2,2,3,4);;;;;/q;;+1;2*-2;2*+2. The third-order valence-corrected chi connectivity index (χ3v) is 0.247. The van der Waals surface area contributed by atoms with Crippen LogP contribution in [0.4, 0.5) is 14.4 Å². The SMILES string of the molecule is NC(=O)N=NC(N)=O.O=C(O)O.[Na+].[O-2].[O-2].[Zn+2].[Zn+2]. The van der Waals surface area contributed by atoms with Gasteiger partial charge in [-0.2, -0.15) is 0 Å². The summed E-state index contributed by atoms with van der Waals surface area (Å²) >= 11 is 0.